The quantitative estimate of drug-likeness (QED) is 0.140. The molecule has 0 atom stereocenters. The molecular weight excluding hydrogens is 1180 g/mol. The van der Waals surface area contributed by atoms with Gasteiger partial charge in [0.2, 0.25) is 0 Å². The van der Waals surface area contributed by atoms with Gasteiger partial charge in [0.05, 0.1) is 66.4 Å². The minimum Gasteiger partial charge on any atom is -0.336 e. The van der Waals surface area contributed by atoms with Gasteiger partial charge in [0.25, 0.3) is 0 Å². The van der Waals surface area contributed by atoms with Crippen molar-refractivity contribution in [3.05, 3.63) is 338 Å². The van der Waals surface area contributed by atoms with Crippen LogP contribution in [0.3, 0.4) is 0 Å². The molecule has 0 saturated carbocycles. The molecule has 20 aromatic rings. The Hall–Kier alpha value is -13.2. The number of rotatable bonds is 8. The predicted octanol–water partition coefficient (Wildman–Crippen LogP) is 22.0. The molecule has 8 heterocycles. The highest BCUT2D eigenvalue weighted by Crippen LogP contribution is 2.47. The summed E-state index contributed by atoms with van der Waals surface area (Å²) >= 11 is 0. The van der Waals surface area contributed by atoms with Gasteiger partial charge in [-0.2, -0.15) is 0 Å². The third-order valence-corrected chi connectivity index (χ3v) is 20.3. The fourth-order valence-corrected chi connectivity index (χ4v) is 16.3. The van der Waals surface area contributed by atoms with E-state index < -0.39 is 0 Å². The minimum atomic E-state index is 0.553. The van der Waals surface area contributed by atoms with Crippen LogP contribution in [0.15, 0.2) is 332 Å². The summed E-state index contributed by atoms with van der Waals surface area (Å²) in [5, 5.41) is 14.1. The average Bonchev–Trinajstić information content (AvgIpc) is 1.56. The number of allylic oxidation sites excluding steroid dienone is 1. The van der Waals surface area contributed by atoms with Crippen LogP contribution in [-0.4, -0.2) is 38.2 Å². The number of benzene rings is 13. The molecule has 7 aromatic heterocycles. The van der Waals surface area contributed by atoms with E-state index in [-0.39, 0.29) is 0 Å². The predicted molar refractivity (Wildman–Crippen MR) is 403 cm³/mol. The monoisotopic (exact) mass is 1230 g/mol. The van der Waals surface area contributed by atoms with Crippen LogP contribution in [0.4, 0.5) is 0 Å². The van der Waals surface area contributed by atoms with Crippen molar-refractivity contribution in [3.8, 4) is 34.1 Å². The van der Waals surface area contributed by atoms with Crippen LogP contribution in [0.5, 0.6) is 0 Å². The van der Waals surface area contributed by atoms with Crippen molar-refractivity contribution in [2.24, 2.45) is 4.99 Å². The van der Waals surface area contributed by atoms with Gasteiger partial charge in [0.15, 0.2) is 0 Å². The first-order valence-corrected chi connectivity index (χ1v) is 33.1. The van der Waals surface area contributed by atoms with E-state index in [2.05, 4.69) is 342 Å². The summed E-state index contributed by atoms with van der Waals surface area (Å²) in [6.07, 6.45) is 1.98. The van der Waals surface area contributed by atoms with Crippen LogP contribution >= 0.6 is 0 Å². The van der Waals surface area contributed by atoms with E-state index in [1.54, 1.807) is 0 Å². The Balaban J connectivity index is 0.863. The van der Waals surface area contributed by atoms with Gasteiger partial charge in [-0.25, -0.2) is 9.98 Å². The molecule has 0 unspecified atom stereocenters. The normalized spacial score (nSPS) is 12.7. The lowest BCUT2D eigenvalue weighted by molar-refractivity contribution is 0.865. The number of para-hydroxylation sites is 7. The summed E-state index contributed by atoms with van der Waals surface area (Å²) in [7, 11) is 0. The first kappa shape index (κ1) is 53.3. The molecular formula is C89H54N8. The molecule has 0 N–H and O–H groups in total. The van der Waals surface area contributed by atoms with Crippen LogP contribution in [0.1, 0.15) is 11.1 Å². The lowest BCUT2D eigenvalue weighted by Gasteiger charge is -2.18. The molecule has 97 heavy (non-hydrogen) atoms. The standard InChI is InChI=1S/C89H54N8/c1-4-24-57(25-5-1)72-36-22-44-82(90-72)96-77-41-19-12-30-62(77)66-48-50-80-84(86(66)96)70-34-14-16-38-74(70)92(80)55-56-52-60(54-61(53-56)95-76-40-18-11-33-65(76)69-47-46-68-64-32-10-17-39-75(64)94(88(68)89(69)95)59-28-8-3-9-29-59)93-79-43-21-15-35-71(79)85-81(93)51-49-67-63-31-13-20-42-78(63)97(87(67)85)83-45-23-37-73(91-83)58-26-6-2-7-27-58/h1-21,23-35,37-54H,55H2. The van der Waals surface area contributed by atoms with E-state index in [0.29, 0.717) is 6.54 Å². The van der Waals surface area contributed by atoms with E-state index in [1.807, 2.05) is 12.1 Å². The highest BCUT2D eigenvalue weighted by Gasteiger charge is 2.27. The highest BCUT2D eigenvalue weighted by molar-refractivity contribution is 6.30. The Morgan fingerprint density at radius 3 is 1.35 bits per heavy atom. The molecule has 21 rings (SSSR count). The number of fused-ring (bicyclic) bond motifs is 21. The SMILES string of the molecule is C1=C=C(c2ccccc2)N=C(n2c3ccccc3c3ccc4c(c5ccccc5n4Cc4cc(-n5c6ccccc6c6c5ccc5c7ccccc7n(-c7cccc(-c8ccccc8)n7)c56)cc(-n5c6ccccc6c6ccc7c8ccccc8n(-c8ccccc8)c7c65)c4)c32)C=1. The van der Waals surface area contributed by atoms with Crippen LogP contribution in [-0.2, 0) is 6.54 Å². The van der Waals surface area contributed by atoms with Gasteiger partial charge in [-0.3, -0.25) is 9.13 Å². The Morgan fingerprint density at radius 1 is 0.289 bits per heavy atom. The molecule has 1 aliphatic rings. The fraction of sp³-hybridized carbons (Fsp3) is 0.0112. The van der Waals surface area contributed by atoms with Crippen molar-refractivity contribution < 1.29 is 0 Å². The van der Waals surface area contributed by atoms with Gasteiger partial charge in [-0.05, 0) is 102 Å². The first-order chi connectivity index (χ1) is 48.2. The Kier molecular flexibility index (Phi) is 11.3. The third-order valence-electron chi connectivity index (χ3n) is 20.3. The summed E-state index contributed by atoms with van der Waals surface area (Å²) in [5.74, 6) is 1.65. The molecule has 0 bridgehead atoms. The minimum absolute atomic E-state index is 0.553. The summed E-state index contributed by atoms with van der Waals surface area (Å²) in [6.45, 7) is 0.553. The van der Waals surface area contributed by atoms with Crippen LogP contribution < -0.4 is 0 Å². The average molecular weight is 1240 g/mol. The topological polar surface area (TPSA) is 54.8 Å². The van der Waals surface area contributed by atoms with Gasteiger partial charge in [-0.15, -0.1) is 0 Å². The van der Waals surface area contributed by atoms with Crippen molar-refractivity contribution >= 4 is 142 Å². The maximum atomic E-state index is 5.48. The zero-order valence-corrected chi connectivity index (χ0v) is 52.3. The number of hydrogen-bond donors (Lipinski definition) is 0. The largest absolute Gasteiger partial charge is 0.336 e. The van der Waals surface area contributed by atoms with Gasteiger partial charge in [-0.1, -0.05) is 224 Å². The molecule has 0 radical (unpaired) electrons. The van der Waals surface area contributed by atoms with Gasteiger partial charge >= 0.3 is 0 Å². The Bertz CT molecular complexity index is 6910. The number of aliphatic imine (C=N–C) groups is 1. The second kappa shape index (κ2) is 20.6. The number of aromatic nitrogens is 7. The van der Waals surface area contributed by atoms with Crippen molar-refractivity contribution in [2.45, 2.75) is 6.54 Å². The summed E-state index contributed by atoms with van der Waals surface area (Å²) in [6, 6.07) is 113. The van der Waals surface area contributed by atoms with Crippen molar-refractivity contribution in [1.29, 1.82) is 0 Å². The van der Waals surface area contributed by atoms with E-state index in [4.69, 9.17) is 9.98 Å². The molecule has 0 fully saturated rings. The van der Waals surface area contributed by atoms with Crippen LogP contribution in [0.25, 0.3) is 171 Å². The third kappa shape index (κ3) is 7.76. The van der Waals surface area contributed by atoms with E-state index >= 15 is 0 Å². The van der Waals surface area contributed by atoms with Crippen molar-refractivity contribution in [1.82, 2.24) is 32.4 Å². The van der Waals surface area contributed by atoms with Crippen LogP contribution in [0.2, 0.25) is 0 Å². The van der Waals surface area contributed by atoms with Crippen LogP contribution in [0, 0.1) is 0 Å². The summed E-state index contributed by atoms with van der Waals surface area (Å²) in [4.78, 5) is 10.9. The number of nitrogens with zero attached hydrogens (tertiary/aromatic N) is 8. The lowest BCUT2D eigenvalue weighted by Crippen LogP contribution is -2.10. The Labute approximate surface area is 555 Å². The fourth-order valence-electron chi connectivity index (χ4n) is 16.3. The molecule has 13 aromatic carbocycles. The molecule has 0 amide bonds. The zero-order valence-electron chi connectivity index (χ0n) is 52.3. The maximum absolute atomic E-state index is 5.48. The molecule has 0 spiro atoms. The highest BCUT2D eigenvalue weighted by atomic mass is 15.1. The Morgan fingerprint density at radius 2 is 0.732 bits per heavy atom. The number of pyridine rings is 1. The molecule has 8 heteroatoms. The van der Waals surface area contributed by atoms with Crippen molar-refractivity contribution in [3.63, 3.8) is 0 Å². The summed E-state index contributed by atoms with van der Waals surface area (Å²) in [5.41, 5.74) is 28.3. The summed E-state index contributed by atoms with van der Waals surface area (Å²) < 4.78 is 14.9. The van der Waals surface area contributed by atoms with E-state index in [0.717, 1.165) is 145 Å². The second-order valence-corrected chi connectivity index (χ2v) is 25.5. The lowest BCUT2D eigenvalue weighted by atomic mass is 10.1. The van der Waals surface area contributed by atoms with Gasteiger partial charge < -0.3 is 18.3 Å². The van der Waals surface area contributed by atoms with Crippen molar-refractivity contribution in [2.75, 3.05) is 0 Å². The molecule has 1 aliphatic heterocycles. The molecule has 8 nitrogen and oxygen atoms in total. The molecule has 0 aliphatic carbocycles. The zero-order chi connectivity index (χ0) is 63.4. The smallest absolute Gasteiger partial charge is 0.147 e. The molecule has 450 valence electrons. The molecule has 0 saturated heterocycles. The van der Waals surface area contributed by atoms with E-state index in [1.165, 1.54) is 43.1 Å². The van der Waals surface area contributed by atoms with E-state index in [9.17, 15) is 0 Å². The first-order valence-electron chi connectivity index (χ1n) is 33.1. The maximum Gasteiger partial charge on any atom is 0.147 e. The number of hydrogen-bond acceptors (Lipinski definition) is 2. The van der Waals surface area contributed by atoms with Gasteiger partial charge in [0, 0.05) is 111 Å². The second-order valence-electron chi connectivity index (χ2n) is 25.5. The van der Waals surface area contributed by atoms with Gasteiger partial charge in [0.1, 0.15) is 17.4 Å².